The molecule has 3 nitrogen and oxygen atoms in total. The Hall–Kier alpha value is -1.48. The smallest absolute Gasteiger partial charge is 0.0659 e. The van der Waals surface area contributed by atoms with Crippen molar-refractivity contribution in [3.63, 3.8) is 0 Å². The Morgan fingerprint density at radius 3 is 2.52 bits per heavy atom. The number of nitrogens with one attached hydrogen (secondary N) is 2. The highest BCUT2D eigenvalue weighted by atomic mass is 35.5. The van der Waals surface area contributed by atoms with E-state index in [9.17, 15) is 0 Å². The molecule has 2 heterocycles. The Morgan fingerprint density at radius 1 is 1.17 bits per heavy atom. The lowest BCUT2D eigenvalue weighted by atomic mass is 10.0. The van der Waals surface area contributed by atoms with Gasteiger partial charge in [-0.25, -0.2) is 0 Å². The Morgan fingerprint density at radius 2 is 1.91 bits per heavy atom. The van der Waals surface area contributed by atoms with Crippen LogP contribution in [0.2, 0.25) is 0 Å². The molecule has 0 amide bonds. The molecule has 0 radical (unpaired) electrons. The summed E-state index contributed by atoms with van der Waals surface area (Å²) < 4.78 is 0. The third kappa shape index (κ3) is 4.51. The van der Waals surface area contributed by atoms with E-state index in [0.29, 0.717) is 12.0 Å². The van der Waals surface area contributed by atoms with Gasteiger partial charge in [-0.1, -0.05) is 39.5 Å². The number of halogens is 1. The van der Waals surface area contributed by atoms with Crippen molar-refractivity contribution in [1.29, 1.82) is 0 Å². The fourth-order valence-corrected chi connectivity index (χ4v) is 3.32. The molecule has 0 bridgehead atoms. The molecule has 2 aromatic rings. The second-order valence-corrected chi connectivity index (χ2v) is 6.72. The van der Waals surface area contributed by atoms with Crippen LogP contribution in [0.4, 0.5) is 0 Å². The molecule has 0 aliphatic heterocycles. The van der Waals surface area contributed by atoms with Gasteiger partial charge in [0.05, 0.1) is 23.1 Å². The van der Waals surface area contributed by atoms with Crippen LogP contribution in [0, 0.1) is 0 Å². The molecule has 0 aromatic carbocycles. The quantitative estimate of drug-likeness (QED) is 0.532. The first-order valence-corrected chi connectivity index (χ1v) is 8.64. The number of hydrogen-bond acceptors (Lipinski definition) is 1. The molecule has 0 saturated heterocycles. The molecular weight excluding hydrogens is 306 g/mol. The molecule has 2 N–H and O–H groups in total. The summed E-state index contributed by atoms with van der Waals surface area (Å²) in [6, 6.07) is 6.92. The molecule has 1 aliphatic rings. The molecule has 126 valence electrons. The maximum atomic E-state index is 4.84. The highest BCUT2D eigenvalue weighted by Gasteiger charge is 2.14. The van der Waals surface area contributed by atoms with Gasteiger partial charge in [0.15, 0.2) is 0 Å². The van der Waals surface area contributed by atoms with Gasteiger partial charge in [-0.2, -0.15) is 0 Å². The summed E-state index contributed by atoms with van der Waals surface area (Å²) in [4.78, 5) is 11.7. The monoisotopic (exact) mass is 333 g/mol. The molecule has 3 rings (SSSR count). The normalized spacial score (nSPS) is 16.7. The largest absolute Gasteiger partial charge is 0.360 e. The van der Waals surface area contributed by atoms with Crippen LogP contribution in [0.3, 0.4) is 0 Å². The first-order valence-electron chi connectivity index (χ1n) is 8.64. The molecule has 2 aromatic heterocycles. The summed E-state index contributed by atoms with van der Waals surface area (Å²) in [6.45, 7) is 4.48. The third-order valence-corrected chi connectivity index (χ3v) is 4.61. The minimum absolute atomic E-state index is 0. The maximum absolute atomic E-state index is 4.84. The third-order valence-electron chi connectivity index (χ3n) is 4.61. The summed E-state index contributed by atoms with van der Waals surface area (Å²) in [5.74, 6) is 0.495. The molecule has 1 saturated carbocycles. The highest BCUT2D eigenvalue weighted by molar-refractivity contribution is 5.85. The lowest BCUT2D eigenvalue weighted by Crippen LogP contribution is -2.02. The van der Waals surface area contributed by atoms with E-state index in [1.807, 2.05) is 18.5 Å². The van der Waals surface area contributed by atoms with Gasteiger partial charge in [-0.3, -0.25) is 4.99 Å². The van der Waals surface area contributed by atoms with Crippen molar-refractivity contribution in [2.24, 2.45) is 4.99 Å². The van der Waals surface area contributed by atoms with Crippen molar-refractivity contribution < 1.29 is 0 Å². The van der Waals surface area contributed by atoms with Crippen LogP contribution in [0.1, 0.15) is 69.5 Å². The zero-order chi connectivity index (χ0) is 15.4. The Labute approximate surface area is 145 Å². The van der Waals surface area contributed by atoms with Gasteiger partial charge in [0.2, 0.25) is 0 Å². The second-order valence-electron chi connectivity index (χ2n) is 6.72. The first-order chi connectivity index (χ1) is 10.7. The van der Waals surface area contributed by atoms with Crippen molar-refractivity contribution in [3.05, 3.63) is 35.7 Å². The van der Waals surface area contributed by atoms with Gasteiger partial charge in [0.25, 0.3) is 0 Å². The number of aromatic nitrogens is 2. The number of hydrogen-bond donors (Lipinski definition) is 2. The van der Waals surface area contributed by atoms with Crippen molar-refractivity contribution in [2.45, 2.75) is 64.3 Å². The maximum Gasteiger partial charge on any atom is 0.0659 e. The fraction of sp³-hybridized carbons (Fsp3) is 0.526. The van der Waals surface area contributed by atoms with Crippen LogP contribution in [-0.2, 0) is 0 Å². The van der Waals surface area contributed by atoms with Gasteiger partial charge in [-0.15, -0.1) is 12.4 Å². The SMILES string of the molecule is CC(C)c1cc(C=NC2CCCCCC2)[nH]c1-c1ccc[nH]1.Cl. The molecule has 4 heteroatoms. The van der Waals surface area contributed by atoms with E-state index < -0.39 is 0 Å². The van der Waals surface area contributed by atoms with E-state index in [4.69, 9.17) is 4.99 Å². The zero-order valence-electron chi connectivity index (χ0n) is 14.1. The van der Waals surface area contributed by atoms with E-state index in [2.05, 4.69) is 35.9 Å². The van der Waals surface area contributed by atoms with Crippen LogP contribution in [0.15, 0.2) is 29.4 Å². The predicted molar refractivity (Wildman–Crippen MR) is 101 cm³/mol. The number of H-pyrrole nitrogens is 2. The van der Waals surface area contributed by atoms with E-state index in [1.54, 1.807) is 0 Å². The minimum Gasteiger partial charge on any atom is -0.360 e. The van der Waals surface area contributed by atoms with Gasteiger partial charge >= 0.3 is 0 Å². The van der Waals surface area contributed by atoms with E-state index >= 15 is 0 Å². The van der Waals surface area contributed by atoms with Gasteiger partial charge in [-0.05, 0) is 42.5 Å². The molecule has 1 fully saturated rings. The summed E-state index contributed by atoms with van der Waals surface area (Å²) in [5, 5.41) is 0. The lowest BCUT2D eigenvalue weighted by Gasteiger charge is -2.06. The van der Waals surface area contributed by atoms with Crippen LogP contribution in [-0.4, -0.2) is 22.2 Å². The zero-order valence-corrected chi connectivity index (χ0v) is 15.0. The Bertz CT molecular complexity index is 603. The summed E-state index contributed by atoms with van der Waals surface area (Å²) >= 11 is 0. The molecule has 0 unspecified atom stereocenters. The topological polar surface area (TPSA) is 43.9 Å². The van der Waals surface area contributed by atoms with Crippen LogP contribution in [0.25, 0.3) is 11.4 Å². The van der Waals surface area contributed by atoms with Crippen LogP contribution < -0.4 is 0 Å². The van der Waals surface area contributed by atoms with Crippen molar-refractivity contribution in [3.8, 4) is 11.4 Å². The molecular formula is C19H28ClN3. The number of rotatable bonds is 4. The number of aliphatic imine (C=N–C) groups is 1. The van der Waals surface area contributed by atoms with Crippen molar-refractivity contribution in [1.82, 2.24) is 9.97 Å². The fourth-order valence-electron chi connectivity index (χ4n) is 3.32. The van der Waals surface area contributed by atoms with Gasteiger partial charge in [0.1, 0.15) is 0 Å². The van der Waals surface area contributed by atoms with Crippen LogP contribution in [0.5, 0.6) is 0 Å². The Balaban J connectivity index is 0.00000192. The van der Waals surface area contributed by atoms with E-state index in [-0.39, 0.29) is 12.4 Å². The van der Waals surface area contributed by atoms with Gasteiger partial charge < -0.3 is 9.97 Å². The molecule has 0 spiro atoms. The first kappa shape index (κ1) is 17.9. The second kappa shape index (κ2) is 8.39. The average molecular weight is 334 g/mol. The average Bonchev–Trinajstić information content (AvgIpc) is 3.10. The highest BCUT2D eigenvalue weighted by Crippen LogP contribution is 2.28. The molecule has 23 heavy (non-hydrogen) atoms. The number of nitrogens with zero attached hydrogens (tertiary/aromatic N) is 1. The Kier molecular flexibility index (Phi) is 6.52. The minimum atomic E-state index is 0. The van der Waals surface area contributed by atoms with Crippen molar-refractivity contribution in [2.75, 3.05) is 0 Å². The molecule has 0 atom stereocenters. The molecule has 1 aliphatic carbocycles. The summed E-state index contributed by atoms with van der Waals surface area (Å²) in [6.07, 6.45) is 11.9. The van der Waals surface area contributed by atoms with E-state index in [1.165, 1.54) is 49.8 Å². The van der Waals surface area contributed by atoms with Crippen LogP contribution >= 0.6 is 12.4 Å². The summed E-state index contributed by atoms with van der Waals surface area (Å²) in [7, 11) is 0. The standard InChI is InChI=1S/C19H27N3.ClH/c1-14(2)17-12-16(22-19(17)18-10-7-11-20-18)13-21-15-8-5-3-4-6-9-15;/h7,10-15,20,22H,3-6,8-9H2,1-2H3;1H. The van der Waals surface area contributed by atoms with Gasteiger partial charge in [0, 0.05) is 12.4 Å². The van der Waals surface area contributed by atoms with E-state index in [0.717, 1.165) is 11.4 Å². The predicted octanol–water partition coefficient (Wildman–Crippen LogP) is 5.70. The lowest BCUT2D eigenvalue weighted by molar-refractivity contribution is 0.588. The van der Waals surface area contributed by atoms with Crippen molar-refractivity contribution >= 4 is 18.6 Å². The summed E-state index contributed by atoms with van der Waals surface area (Å²) in [5.41, 5.74) is 4.82. The number of aromatic amines is 2.